The third kappa shape index (κ3) is 16.8. The van der Waals surface area contributed by atoms with Gasteiger partial charge in [-0.25, -0.2) is 0 Å². The molecule has 0 N–H and O–H groups in total. The third-order valence-electron chi connectivity index (χ3n) is 30.1. The number of rotatable bonds is 36. The Morgan fingerprint density at radius 1 is 0.255 bits per heavy atom. The van der Waals surface area contributed by atoms with Crippen molar-refractivity contribution < 1.29 is 18.9 Å². The van der Waals surface area contributed by atoms with Gasteiger partial charge in [-0.15, -0.1) is 0 Å². The molecule has 0 amide bonds. The van der Waals surface area contributed by atoms with Gasteiger partial charge in [0.05, 0.1) is 61.7 Å². The van der Waals surface area contributed by atoms with Gasteiger partial charge >= 0.3 is 0 Å². The number of nitrogens with zero attached hydrogens (tertiary/aromatic N) is 4. The van der Waals surface area contributed by atoms with Gasteiger partial charge in [0.25, 0.3) is 0 Å². The summed E-state index contributed by atoms with van der Waals surface area (Å²) in [4.78, 5) is 4.91. The van der Waals surface area contributed by atoms with Crippen LogP contribution in [0.2, 0.25) is 0 Å². The summed E-state index contributed by atoms with van der Waals surface area (Å²) >= 11 is 0. The van der Waals surface area contributed by atoms with E-state index in [2.05, 4.69) is 446 Å². The number of para-hydroxylation sites is 4. The first-order chi connectivity index (χ1) is 69.6. The number of fused-ring (bicyclic) bond motifs is 15. The van der Waals surface area contributed by atoms with Crippen molar-refractivity contribution in [1.29, 1.82) is 0 Å². The third-order valence-corrected chi connectivity index (χ3v) is 30.1. The van der Waals surface area contributed by atoms with Crippen LogP contribution in [-0.2, 0) is 52.1 Å². The molecular weight excluding hydrogens is 1720 g/mol. The lowest BCUT2D eigenvalue weighted by atomic mass is 9.69. The molecule has 690 valence electrons. The van der Waals surface area contributed by atoms with Crippen molar-refractivity contribution in [3.8, 4) is 56.3 Å². The Labute approximate surface area is 828 Å². The van der Waals surface area contributed by atoms with Crippen LogP contribution in [0.25, 0.3) is 101 Å². The molecule has 2 heterocycles. The van der Waals surface area contributed by atoms with Crippen molar-refractivity contribution in [3.63, 3.8) is 0 Å². The van der Waals surface area contributed by atoms with Crippen LogP contribution in [0.15, 0.2) is 438 Å². The monoisotopic (exact) mass is 1830 g/mol. The van der Waals surface area contributed by atoms with Crippen LogP contribution in [0, 0.1) is 0 Å². The largest absolute Gasteiger partial charge is 0.494 e. The summed E-state index contributed by atoms with van der Waals surface area (Å²) < 4.78 is 30.5. The topological polar surface area (TPSA) is 53.3 Å². The molecule has 8 nitrogen and oxygen atoms in total. The summed E-state index contributed by atoms with van der Waals surface area (Å²) in [5.41, 5.74) is 37.9. The first-order valence-electron chi connectivity index (χ1n) is 50.3. The highest BCUT2D eigenvalue weighted by molar-refractivity contribution is 6.12. The predicted octanol–water partition coefficient (Wildman–Crippen LogP) is 34.5. The Hall–Kier alpha value is -15.8. The molecule has 141 heavy (non-hydrogen) atoms. The standard InChI is InChI=1S/C133H114N4O4/c1-5-93-55-69-109(70-56-93)140-81-33-9-7-31-79-132(99-35-15-11-16-36-99)121-47-27-23-43-111(121)115-75-65-107(87-125(115)132)134(101-39-19-13-20-40-101)105-67-77-129-119(85-105)117-45-25-29-49-127(117)136(129)103-61-51-95(52-62-103)89-138-91-97-59-73-113-114-74-60-98(84-124(114)131(3,4)123(113)83-97)92-139-90-96-53-63-104(64-54-96)137-128-50-30-26-46-118(128)120-86-106(68-78-130(120)137)135(102-41-21-14-22-42-102)108-66-76-116-112-44-24-28-48-122(112)133(126(116)88-108,100-37-17-12-18-38-100)80-32-8-10-34-82-141-110-71-57-94(6-2)58-72-110/h5-6,11-30,35-78,83-88H,1-2,7-10,31-34,79-82,89-92H2,3-4H3. The minimum Gasteiger partial charge on any atom is -0.494 e. The fraction of sp³-hybridized carbons (Fsp3) is 0.158. The average Bonchev–Trinajstić information content (AvgIpc) is 1.53. The quantitative estimate of drug-likeness (QED) is 0.0365. The van der Waals surface area contributed by atoms with Crippen LogP contribution in [0.3, 0.4) is 0 Å². The van der Waals surface area contributed by atoms with E-state index in [1.165, 1.54) is 99.4 Å². The maximum absolute atomic E-state index is 6.63. The van der Waals surface area contributed by atoms with Gasteiger partial charge in [-0.05, 0) is 283 Å². The van der Waals surface area contributed by atoms with Gasteiger partial charge in [-0.1, -0.05) is 357 Å². The van der Waals surface area contributed by atoms with Crippen LogP contribution in [0.1, 0.15) is 156 Å². The van der Waals surface area contributed by atoms with Gasteiger partial charge in [0, 0.05) is 83.3 Å². The van der Waals surface area contributed by atoms with Crippen molar-refractivity contribution >= 4 is 89.9 Å². The fourth-order valence-electron chi connectivity index (χ4n) is 23.2. The molecule has 2 atom stereocenters. The summed E-state index contributed by atoms with van der Waals surface area (Å²) in [7, 11) is 0. The Morgan fingerprint density at radius 3 is 1.00 bits per heavy atom. The highest BCUT2D eigenvalue weighted by Crippen LogP contribution is 2.60. The summed E-state index contributed by atoms with van der Waals surface area (Å²) in [6.07, 6.45) is 14.3. The van der Waals surface area contributed by atoms with Crippen molar-refractivity contribution in [1.82, 2.24) is 9.13 Å². The summed E-state index contributed by atoms with van der Waals surface area (Å²) in [6, 6.07) is 157. The van der Waals surface area contributed by atoms with E-state index in [0.29, 0.717) is 39.6 Å². The predicted molar refractivity (Wildman–Crippen MR) is 586 cm³/mol. The number of hydrogen-bond donors (Lipinski definition) is 0. The first-order valence-corrected chi connectivity index (χ1v) is 50.3. The molecule has 23 rings (SSSR count). The maximum Gasteiger partial charge on any atom is 0.119 e. The molecule has 8 heteroatoms. The van der Waals surface area contributed by atoms with Crippen LogP contribution in [0.5, 0.6) is 11.5 Å². The van der Waals surface area contributed by atoms with E-state index >= 15 is 0 Å². The van der Waals surface area contributed by atoms with Crippen LogP contribution >= 0.6 is 0 Å². The second-order valence-corrected chi connectivity index (χ2v) is 38.8. The van der Waals surface area contributed by atoms with Gasteiger partial charge in [0.15, 0.2) is 0 Å². The molecule has 0 fully saturated rings. The van der Waals surface area contributed by atoms with Crippen molar-refractivity contribution in [2.24, 2.45) is 0 Å². The van der Waals surface area contributed by atoms with Crippen molar-refractivity contribution in [2.45, 2.75) is 121 Å². The van der Waals surface area contributed by atoms with Gasteiger partial charge in [0.2, 0.25) is 0 Å². The normalized spacial score (nSPS) is 14.6. The van der Waals surface area contributed by atoms with Gasteiger partial charge in [-0.2, -0.15) is 0 Å². The minimum absolute atomic E-state index is 0.219. The smallest absolute Gasteiger partial charge is 0.119 e. The lowest BCUT2D eigenvalue weighted by Crippen LogP contribution is -2.27. The Kier molecular flexibility index (Phi) is 24.6. The fourth-order valence-corrected chi connectivity index (χ4v) is 23.2. The van der Waals surface area contributed by atoms with Crippen LogP contribution < -0.4 is 19.3 Å². The van der Waals surface area contributed by atoms with Gasteiger partial charge in [0.1, 0.15) is 11.5 Å². The maximum atomic E-state index is 6.63. The number of anilines is 6. The lowest BCUT2D eigenvalue weighted by Gasteiger charge is -2.34. The number of benzene rings is 18. The molecule has 2 unspecified atom stereocenters. The van der Waals surface area contributed by atoms with Gasteiger partial charge in [-0.3, -0.25) is 0 Å². The van der Waals surface area contributed by atoms with Crippen molar-refractivity contribution in [2.75, 3.05) is 23.0 Å². The molecule has 0 aliphatic heterocycles. The second-order valence-electron chi connectivity index (χ2n) is 38.8. The molecule has 2 aromatic heterocycles. The van der Waals surface area contributed by atoms with E-state index in [0.717, 1.165) is 177 Å². The van der Waals surface area contributed by atoms with E-state index in [1.807, 2.05) is 36.4 Å². The Bertz CT molecular complexity index is 7510. The van der Waals surface area contributed by atoms with E-state index in [4.69, 9.17) is 18.9 Å². The first kappa shape index (κ1) is 89.1. The SMILES string of the molecule is C=Cc1ccc(OCCCCCCC2(c3ccccc3)c3ccccc3-c3ccc(N(c4ccccc4)c4ccc5c(c4)c4ccccc4n5-c4ccc(COCc5ccc6c(c5)C(C)(C)c5cc(COCc7ccc(-n8c9ccccc9c9cc(N(c%10ccccc%10)c%10ccc%11c(c%10)C(CCCCCCOc%10ccc(C=C)cc%10)(c%10ccccc%10)c%10ccccc%10-%11)ccc98)cc7)ccc5-6)cc4)cc32)cc1. The summed E-state index contributed by atoms with van der Waals surface area (Å²) in [5.74, 6) is 1.81. The molecule has 0 saturated heterocycles. The molecule has 3 aliphatic carbocycles. The zero-order valence-electron chi connectivity index (χ0n) is 80.2. The van der Waals surface area contributed by atoms with Crippen LogP contribution in [0.4, 0.5) is 34.1 Å². The summed E-state index contributed by atoms with van der Waals surface area (Å²) in [6.45, 7) is 15.9. The van der Waals surface area contributed by atoms with Gasteiger partial charge < -0.3 is 37.9 Å². The molecule has 0 radical (unpaired) electrons. The Balaban J connectivity index is 0.445. The number of hydrogen-bond acceptors (Lipinski definition) is 6. The number of unbranched alkanes of at least 4 members (excludes halogenated alkanes) is 6. The second kappa shape index (κ2) is 38.9. The molecule has 0 spiro atoms. The summed E-state index contributed by atoms with van der Waals surface area (Å²) in [5, 5.41) is 4.79. The average molecular weight is 1830 g/mol. The van der Waals surface area contributed by atoms with Crippen molar-refractivity contribution in [3.05, 3.63) is 516 Å². The highest BCUT2D eigenvalue weighted by Gasteiger charge is 2.47. The molecule has 0 saturated carbocycles. The number of aromatic nitrogens is 2. The van der Waals surface area contributed by atoms with E-state index in [9.17, 15) is 0 Å². The molecule has 18 aromatic carbocycles. The number of ether oxygens (including phenoxy) is 4. The zero-order chi connectivity index (χ0) is 94.8. The molecular formula is C133H114N4O4. The molecule has 20 aromatic rings. The molecule has 3 aliphatic rings. The van der Waals surface area contributed by atoms with E-state index in [-0.39, 0.29) is 16.2 Å². The van der Waals surface area contributed by atoms with E-state index < -0.39 is 0 Å². The molecule has 0 bridgehead atoms. The Morgan fingerprint density at radius 2 is 0.582 bits per heavy atom. The zero-order valence-corrected chi connectivity index (χ0v) is 80.2. The lowest BCUT2D eigenvalue weighted by molar-refractivity contribution is 0.107. The van der Waals surface area contributed by atoms with Crippen LogP contribution in [-0.4, -0.2) is 22.3 Å². The van der Waals surface area contributed by atoms with E-state index in [1.54, 1.807) is 0 Å². The minimum atomic E-state index is -0.347. The highest BCUT2D eigenvalue weighted by atomic mass is 16.5.